The maximum absolute atomic E-state index is 13.7. The molecule has 1 aromatic carbocycles. The van der Waals surface area contributed by atoms with Crippen LogP contribution < -0.4 is 10.6 Å². The van der Waals surface area contributed by atoms with Gasteiger partial charge >= 0.3 is 6.03 Å². The highest BCUT2D eigenvalue weighted by Gasteiger charge is 2.30. The molecule has 2 N–H and O–H groups in total. The minimum atomic E-state index is -0.616. The SMILES string of the molecule is CNC(=O)c1cc(NC(=O)N2CCC(N3CC=CC3)C2)ccc1F. The lowest BCUT2D eigenvalue weighted by molar-refractivity contribution is 0.0959. The van der Waals surface area contributed by atoms with Gasteiger partial charge < -0.3 is 15.5 Å². The van der Waals surface area contributed by atoms with E-state index in [0.717, 1.165) is 19.5 Å². The van der Waals surface area contributed by atoms with Crippen molar-refractivity contribution in [1.82, 2.24) is 15.1 Å². The van der Waals surface area contributed by atoms with Gasteiger partial charge in [0.1, 0.15) is 5.82 Å². The van der Waals surface area contributed by atoms with Crippen molar-refractivity contribution in [1.29, 1.82) is 0 Å². The van der Waals surface area contributed by atoms with Crippen LogP contribution in [0.5, 0.6) is 0 Å². The summed E-state index contributed by atoms with van der Waals surface area (Å²) in [6.45, 7) is 3.24. The summed E-state index contributed by atoms with van der Waals surface area (Å²) in [6.07, 6.45) is 5.23. The molecule has 1 aromatic rings. The largest absolute Gasteiger partial charge is 0.355 e. The summed E-state index contributed by atoms with van der Waals surface area (Å²) in [6, 6.07) is 4.14. The normalized spacial score (nSPS) is 20.4. The maximum atomic E-state index is 13.7. The van der Waals surface area contributed by atoms with Crippen molar-refractivity contribution >= 4 is 17.6 Å². The number of nitrogens with zero attached hydrogens (tertiary/aromatic N) is 2. The van der Waals surface area contributed by atoms with Gasteiger partial charge in [-0.3, -0.25) is 9.69 Å². The van der Waals surface area contributed by atoms with Crippen LogP contribution in [0.3, 0.4) is 0 Å². The first-order valence-corrected chi connectivity index (χ1v) is 8.05. The number of amides is 3. The molecule has 7 heteroatoms. The first-order chi connectivity index (χ1) is 11.6. The highest BCUT2D eigenvalue weighted by Crippen LogP contribution is 2.20. The molecule has 128 valence electrons. The second-order valence-electron chi connectivity index (χ2n) is 6.02. The highest BCUT2D eigenvalue weighted by atomic mass is 19.1. The van der Waals surface area contributed by atoms with Gasteiger partial charge in [0.2, 0.25) is 0 Å². The molecular formula is C17H21FN4O2. The van der Waals surface area contributed by atoms with Crippen LogP contribution in [0.2, 0.25) is 0 Å². The van der Waals surface area contributed by atoms with Gasteiger partial charge in [0, 0.05) is 45.0 Å². The van der Waals surface area contributed by atoms with E-state index < -0.39 is 11.7 Å². The molecule has 2 aliphatic rings. The van der Waals surface area contributed by atoms with Gasteiger partial charge in [0.05, 0.1) is 5.56 Å². The van der Waals surface area contributed by atoms with Gasteiger partial charge in [-0.05, 0) is 24.6 Å². The maximum Gasteiger partial charge on any atom is 0.321 e. The monoisotopic (exact) mass is 332 g/mol. The van der Waals surface area contributed by atoms with E-state index in [1.165, 1.54) is 25.2 Å². The molecule has 6 nitrogen and oxygen atoms in total. The number of benzene rings is 1. The molecule has 0 saturated carbocycles. The van der Waals surface area contributed by atoms with E-state index in [-0.39, 0.29) is 11.6 Å². The van der Waals surface area contributed by atoms with Gasteiger partial charge in [0.15, 0.2) is 0 Å². The molecule has 1 fully saturated rings. The molecule has 3 rings (SSSR count). The number of carbonyl (C=O) groups excluding carboxylic acids is 2. The van der Waals surface area contributed by atoms with E-state index in [1.54, 1.807) is 4.90 Å². The summed E-state index contributed by atoms with van der Waals surface area (Å²) in [7, 11) is 1.44. The summed E-state index contributed by atoms with van der Waals surface area (Å²) in [5, 5.41) is 5.13. The van der Waals surface area contributed by atoms with Gasteiger partial charge in [-0.25, -0.2) is 9.18 Å². The van der Waals surface area contributed by atoms with Crippen molar-refractivity contribution < 1.29 is 14.0 Å². The Morgan fingerprint density at radius 2 is 2.00 bits per heavy atom. The van der Waals surface area contributed by atoms with Crippen molar-refractivity contribution in [2.24, 2.45) is 0 Å². The lowest BCUT2D eigenvalue weighted by atomic mass is 10.1. The van der Waals surface area contributed by atoms with Crippen LogP contribution in [0.15, 0.2) is 30.4 Å². The number of rotatable bonds is 3. The summed E-state index contributed by atoms with van der Waals surface area (Å²) >= 11 is 0. The van der Waals surface area contributed by atoms with Gasteiger partial charge in [-0.2, -0.15) is 0 Å². The topological polar surface area (TPSA) is 64.7 Å². The van der Waals surface area contributed by atoms with E-state index in [4.69, 9.17) is 0 Å². The Hall–Kier alpha value is -2.41. The zero-order valence-electron chi connectivity index (χ0n) is 13.6. The molecule has 1 saturated heterocycles. The van der Waals surface area contributed by atoms with Crippen molar-refractivity contribution in [2.45, 2.75) is 12.5 Å². The highest BCUT2D eigenvalue weighted by molar-refractivity contribution is 5.97. The third-order valence-corrected chi connectivity index (χ3v) is 4.50. The lowest BCUT2D eigenvalue weighted by Gasteiger charge is -2.23. The molecular weight excluding hydrogens is 311 g/mol. The molecule has 1 atom stereocenters. The number of likely N-dealkylation sites (tertiary alicyclic amines) is 1. The molecule has 2 heterocycles. The summed E-state index contributed by atoms with van der Waals surface area (Å²) in [5.41, 5.74) is 0.323. The predicted molar refractivity (Wildman–Crippen MR) is 89.5 cm³/mol. The van der Waals surface area contributed by atoms with Gasteiger partial charge in [-0.1, -0.05) is 12.2 Å². The van der Waals surface area contributed by atoms with E-state index in [2.05, 4.69) is 27.7 Å². The zero-order chi connectivity index (χ0) is 17.1. The fourth-order valence-corrected chi connectivity index (χ4v) is 3.13. The van der Waals surface area contributed by atoms with Crippen LogP contribution in [0.1, 0.15) is 16.8 Å². The Morgan fingerprint density at radius 1 is 1.25 bits per heavy atom. The first-order valence-electron chi connectivity index (χ1n) is 8.05. The van der Waals surface area contributed by atoms with Crippen LogP contribution >= 0.6 is 0 Å². The fraction of sp³-hybridized carbons (Fsp3) is 0.412. The van der Waals surface area contributed by atoms with Crippen molar-refractivity contribution in [3.8, 4) is 0 Å². The Kier molecular flexibility index (Phi) is 4.80. The molecule has 0 aliphatic carbocycles. The molecule has 0 aromatic heterocycles. The molecule has 0 radical (unpaired) electrons. The molecule has 1 unspecified atom stereocenters. The number of anilines is 1. The molecule has 24 heavy (non-hydrogen) atoms. The summed E-state index contributed by atoms with van der Waals surface area (Å²) in [5.74, 6) is -1.14. The van der Waals surface area contributed by atoms with E-state index in [0.29, 0.717) is 24.8 Å². The second kappa shape index (κ2) is 7.00. The molecule has 2 aliphatic heterocycles. The van der Waals surface area contributed by atoms with Crippen molar-refractivity contribution in [3.63, 3.8) is 0 Å². The van der Waals surface area contributed by atoms with Gasteiger partial charge in [-0.15, -0.1) is 0 Å². The Bertz CT molecular complexity index is 669. The standard InChI is InChI=1S/C17H21FN4O2/c1-19-16(23)14-10-12(4-5-15(14)18)20-17(24)22-9-6-13(11-22)21-7-2-3-8-21/h2-5,10,13H,6-9,11H2,1H3,(H,19,23)(H,20,24). The number of hydrogen-bond acceptors (Lipinski definition) is 3. The number of carbonyl (C=O) groups is 2. The smallest absolute Gasteiger partial charge is 0.321 e. The minimum absolute atomic E-state index is 0.0854. The van der Waals surface area contributed by atoms with Crippen LogP contribution in [0.25, 0.3) is 0 Å². The van der Waals surface area contributed by atoms with Crippen molar-refractivity contribution in [2.75, 3.05) is 38.5 Å². The van der Waals surface area contributed by atoms with E-state index >= 15 is 0 Å². The summed E-state index contributed by atoms with van der Waals surface area (Å²) in [4.78, 5) is 28.1. The molecule has 0 bridgehead atoms. The Labute approximate surface area is 140 Å². The van der Waals surface area contributed by atoms with Gasteiger partial charge in [0.25, 0.3) is 5.91 Å². The van der Waals surface area contributed by atoms with Crippen LogP contribution in [-0.2, 0) is 0 Å². The van der Waals surface area contributed by atoms with E-state index in [9.17, 15) is 14.0 Å². The third kappa shape index (κ3) is 3.41. The lowest BCUT2D eigenvalue weighted by Crippen LogP contribution is -2.38. The minimum Gasteiger partial charge on any atom is -0.355 e. The second-order valence-corrected chi connectivity index (χ2v) is 6.02. The number of hydrogen-bond donors (Lipinski definition) is 2. The van der Waals surface area contributed by atoms with Crippen LogP contribution in [0.4, 0.5) is 14.9 Å². The third-order valence-electron chi connectivity index (χ3n) is 4.50. The van der Waals surface area contributed by atoms with Crippen LogP contribution in [-0.4, -0.2) is 61.0 Å². The van der Waals surface area contributed by atoms with E-state index in [1.807, 2.05) is 0 Å². The number of urea groups is 1. The summed E-state index contributed by atoms with van der Waals surface area (Å²) < 4.78 is 13.7. The Balaban J connectivity index is 1.62. The number of halogens is 1. The molecule has 0 spiro atoms. The van der Waals surface area contributed by atoms with Crippen molar-refractivity contribution in [3.05, 3.63) is 41.7 Å². The quantitative estimate of drug-likeness (QED) is 0.828. The average Bonchev–Trinajstić information content (AvgIpc) is 3.26. The predicted octanol–water partition coefficient (Wildman–Crippen LogP) is 1.66. The van der Waals surface area contributed by atoms with Crippen LogP contribution in [0, 0.1) is 5.82 Å². The Morgan fingerprint density at radius 3 is 2.71 bits per heavy atom. The first kappa shape index (κ1) is 16.4. The molecule has 3 amide bonds. The fourth-order valence-electron chi connectivity index (χ4n) is 3.13. The number of nitrogens with one attached hydrogen (secondary N) is 2. The zero-order valence-corrected chi connectivity index (χ0v) is 13.6. The average molecular weight is 332 g/mol.